The van der Waals surface area contributed by atoms with E-state index in [0.29, 0.717) is 11.1 Å². The minimum atomic E-state index is -1.44. The molecule has 0 fully saturated rings. The first-order valence-electron chi connectivity index (χ1n) is 14.0. The fourth-order valence-electron chi connectivity index (χ4n) is 4.91. The Morgan fingerprint density at radius 2 is 1.18 bits per heavy atom. The zero-order valence-corrected chi connectivity index (χ0v) is 23.7. The summed E-state index contributed by atoms with van der Waals surface area (Å²) >= 11 is 0. The second-order valence-electron chi connectivity index (χ2n) is 10.4. The molecule has 0 radical (unpaired) electrons. The van der Waals surface area contributed by atoms with Crippen molar-refractivity contribution in [1.29, 1.82) is 0 Å². The van der Waals surface area contributed by atoms with Gasteiger partial charge in [-0.15, -0.1) is 0 Å². The number of nitrogens with one attached hydrogen (secondary N) is 5. The minimum Gasteiger partial charge on any atom is -0.480 e. The number of H-pyrrole nitrogens is 2. The number of benzene rings is 2. The number of para-hydroxylation sites is 2. The van der Waals surface area contributed by atoms with Gasteiger partial charge in [-0.25, -0.2) is 4.79 Å². The van der Waals surface area contributed by atoms with Crippen LogP contribution in [0.2, 0.25) is 0 Å². The molecule has 2 aromatic carbocycles. The van der Waals surface area contributed by atoms with Crippen molar-refractivity contribution in [2.75, 3.05) is 6.61 Å². The summed E-state index contributed by atoms with van der Waals surface area (Å²) < 4.78 is 0. The highest BCUT2D eigenvalue weighted by Crippen LogP contribution is 2.21. The van der Waals surface area contributed by atoms with Crippen LogP contribution in [0.15, 0.2) is 60.9 Å². The molecule has 11 N–H and O–H groups in total. The van der Waals surface area contributed by atoms with Gasteiger partial charge < -0.3 is 47.6 Å². The molecular formula is C30H35N7O7. The quantitative estimate of drug-likeness (QED) is 0.0857. The Balaban J connectivity index is 1.63. The van der Waals surface area contributed by atoms with Gasteiger partial charge in [-0.2, -0.15) is 0 Å². The van der Waals surface area contributed by atoms with Crippen molar-refractivity contribution in [2.24, 2.45) is 11.5 Å². The maximum atomic E-state index is 13.8. The van der Waals surface area contributed by atoms with E-state index in [2.05, 4.69) is 25.9 Å². The number of amides is 4. The standard InChI is InChI=1S/C30H35N7O7/c31-20(15-38)27(40)36-24(11-16-13-33-21-7-3-1-5-18(16)21)29(42)37-25(12-17-14-34-22-8-4-2-6-19(17)22)28(41)35-23(30(43)44)9-10-26(32)39/h1-8,13-14,20,23-25,33-34,38H,9-12,15,31H2,(H2,32,39)(H,35,41)(H,36,40)(H,37,42)(H,43,44). The summed E-state index contributed by atoms with van der Waals surface area (Å²) in [7, 11) is 0. The lowest BCUT2D eigenvalue weighted by atomic mass is 10.0. The number of aliphatic carboxylic acids is 1. The van der Waals surface area contributed by atoms with E-state index in [1.807, 2.05) is 48.5 Å². The normalized spacial score (nSPS) is 14.0. The average Bonchev–Trinajstić information content (AvgIpc) is 3.61. The van der Waals surface area contributed by atoms with Crippen LogP contribution in [0.5, 0.6) is 0 Å². The molecule has 0 aliphatic carbocycles. The number of hydrogen-bond donors (Lipinski definition) is 9. The van der Waals surface area contributed by atoms with Gasteiger partial charge in [-0.05, 0) is 29.7 Å². The Bertz CT molecular complexity index is 1660. The van der Waals surface area contributed by atoms with Crippen molar-refractivity contribution in [1.82, 2.24) is 25.9 Å². The predicted octanol–water partition coefficient (Wildman–Crippen LogP) is -0.441. The van der Waals surface area contributed by atoms with E-state index >= 15 is 0 Å². The third-order valence-corrected chi connectivity index (χ3v) is 7.29. The first-order chi connectivity index (χ1) is 21.1. The number of carboxylic acids is 1. The number of carbonyl (C=O) groups is 5. The number of aromatic nitrogens is 2. The van der Waals surface area contributed by atoms with Crippen LogP contribution >= 0.6 is 0 Å². The summed E-state index contributed by atoms with van der Waals surface area (Å²) in [5, 5.41) is 28.3. The van der Waals surface area contributed by atoms with Gasteiger partial charge in [-0.1, -0.05) is 36.4 Å². The fourth-order valence-corrected chi connectivity index (χ4v) is 4.91. The number of primary amides is 1. The van der Waals surface area contributed by atoms with Crippen molar-refractivity contribution < 1.29 is 34.2 Å². The van der Waals surface area contributed by atoms with Crippen LogP contribution in [-0.4, -0.2) is 80.6 Å². The molecule has 0 bridgehead atoms. The molecule has 2 aromatic heterocycles. The molecule has 44 heavy (non-hydrogen) atoms. The predicted molar refractivity (Wildman–Crippen MR) is 161 cm³/mol. The SMILES string of the molecule is NC(=O)CCC(NC(=O)C(Cc1c[nH]c2ccccc12)NC(=O)C(Cc1c[nH]c2ccccc12)NC(=O)C(N)CO)C(=O)O. The highest BCUT2D eigenvalue weighted by molar-refractivity contribution is 5.95. The van der Waals surface area contributed by atoms with Crippen LogP contribution in [0.4, 0.5) is 0 Å². The van der Waals surface area contributed by atoms with Gasteiger partial charge >= 0.3 is 5.97 Å². The number of aliphatic hydroxyl groups excluding tert-OH is 1. The van der Waals surface area contributed by atoms with Crippen molar-refractivity contribution in [3.63, 3.8) is 0 Å². The maximum Gasteiger partial charge on any atom is 0.326 e. The maximum absolute atomic E-state index is 13.8. The van der Waals surface area contributed by atoms with E-state index in [9.17, 15) is 34.2 Å². The smallest absolute Gasteiger partial charge is 0.326 e. The lowest BCUT2D eigenvalue weighted by molar-refractivity contribution is -0.142. The third-order valence-electron chi connectivity index (χ3n) is 7.29. The molecule has 2 heterocycles. The number of aliphatic hydroxyl groups is 1. The molecule has 0 saturated carbocycles. The first-order valence-corrected chi connectivity index (χ1v) is 14.0. The van der Waals surface area contributed by atoms with Crippen LogP contribution in [-0.2, 0) is 36.8 Å². The molecule has 0 saturated heterocycles. The van der Waals surface area contributed by atoms with E-state index in [1.165, 1.54) is 0 Å². The van der Waals surface area contributed by atoms with E-state index < -0.39 is 60.4 Å². The average molecular weight is 606 g/mol. The van der Waals surface area contributed by atoms with Gasteiger partial charge in [0.15, 0.2) is 0 Å². The molecule has 0 aliphatic rings. The van der Waals surface area contributed by atoms with E-state index in [0.717, 1.165) is 21.8 Å². The second kappa shape index (κ2) is 14.3. The zero-order valence-electron chi connectivity index (χ0n) is 23.7. The molecule has 14 heteroatoms. The van der Waals surface area contributed by atoms with E-state index in [-0.39, 0.29) is 25.7 Å². The van der Waals surface area contributed by atoms with Gasteiger partial charge in [0.05, 0.1) is 6.61 Å². The summed E-state index contributed by atoms with van der Waals surface area (Å²) in [4.78, 5) is 69.3. The number of aromatic amines is 2. The molecule has 4 unspecified atom stereocenters. The molecule has 4 amide bonds. The number of carboxylic acid groups (broad SMARTS) is 1. The summed E-state index contributed by atoms with van der Waals surface area (Å²) in [5.74, 6) is -4.43. The number of rotatable bonds is 15. The van der Waals surface area contributed by atoms with Gasteiger partial charge in [0.2, 0.25) is 23.6 Å². The van der Waals surface area contributed by atoms with Crippen LogP contribution < -0.4 is 27.4 Å². The largest absolute Gasteiger partial charge is 0.480 e. The Labute approximate surface area is 251 Å². The topological polar surface area (TPSA) is 246 Å². The monoisotopic (exact) mass is 605 g/mol. The number of nitrogens with two attached hydrogens (primary N) is 2. The van der Waals surface area contributed by atoms with Crippen molar-refractivity contribution in [3.8, 4) is 0 Å². The van der Waals surface area contributed by atoms with Crippen molar-refractivity contribution in [3.05, 3.63) is 72.1 Å². The molecular weight excluding hydrogens is 570 g/mol. The minimum absolute atomic E-state index is 0.0114. The molecule has 0 spiro atoms. The lowest BCUT2D eigenvalue weighted by Gasteiger charge is -2.25. The number of hydrogen-bond acceptors (Lipinski definition) is 7. The van der Waals surface area contributed by atoms with E-state index in [4.69, 9.17) is 11.5 Å². The van der Waals surface area contributed by atoms with Crippen LogP contribution in [0.1, 0.15) is 24.0 Å². The second-order valence-corrected chi connectivity index (χ2v) is 10.4. The van der Waals surface area contributed by atoms with Crippen molar-refractivity contribution >= 4 is 51.4 Å². The number of fused-ring (bicyclic) bond motifs is 2. The Morgan fingerprint density at radius 1 is 0.727 bits per heavy atom. The highest BCUT2D eigenvalue weighted by Gasteiger charge is 2.31. The number of carbonyl (C=O) groups excluding carboxylic acids is 4. The summed E-state index contributed by atoms with van der Waals surface area (Å²) in [6, 6.07) is 9.46. The van der Waals surface area contributed by atoms with Gasteiger partial charge in [0, 0.05) is 53.5 Å². The van der Waals surface area contributed by atoms with E-state index in [1.54, 1.807) is 12.4 Å². The summed E-state index contributed by atoms with van der Waals surface area (Å²) in [6.07, 6.45) is 2.84. The Kier molecular flexibility index (Phi) is 10.3. The van der Waals surface area contributed by atoms with Crippen LogP contribution in [0.3, 0.4) is 0 Å². The van der Waals surface area contributed by atoms with Crippen LogP contribution in [0.25, 0.3) is 21.8 Å². The lowest BCUT2D eigenvalue weighted by Crippen LogP contribution is -2.58. The fraction of sp³-hybridized carbons (Fsp3) is 0.300. The van der Waals surface area contributed by atoms with Gasteiger partial charge in [0.1, 0.15) is 24.2 Å². The Morgan fingerprint density at radius 3 is 1.64 bits per heavy atom. The molecule has 4 aromatic rings. The molecule has 4 rings (SSSR count). The Hall–Kier alpha value is -5.21. The van der Waals surface area contributed by atoms with Gasteiger partial charge in [0.25, 0.3) is 0 Å². The molecule has 232 valence electrons. The molecule has 14 nitrogen and oxygen atoms in total. The summed E-state index contributed by atoms with van der Waals surface area (Å²) in [5.41, 5.74) is 13.8. The zero-order chi connectivity index (χ0) is 31.8. The van der Waals surface area contributed by atoms with Gasteiger partial charge in [-0.3, -0.25) is 19.2 Å². The first kappa shape index (κ1) is 31.7. The molecule has 4 atom stereocenters. The highest BCUT2D eigenvalue weighted by atomic mass is 16.4. The van der Waals surface area contributed by atoms with Crippen LogP contribution in [0, 0.1) is 0 Å². The summed E-state index contributed by atoms with van der Waals surface area (Å²) in [6.45, 7) is -0.652. The van der Waals surface area contributed by atoms with Crippen molar-refractivity contribution in [2.45, 2.75) is 49.9 Å². The third kappa shape index (κ3) is 7.79. The molecule has 0 aliphatic heterocycles.